The molecule has 0 unspecified atom stereocenters. The number of hydrogen-bond acceptors (Lipinski definition) is 3. The molecule has 2 rings (SSSR count). The van der Waals surface area contributed by atoms with Gasteiger partial charge in [-0.2, -0.15) is 8.78 Å². The first-order valence-electron chi connectivity index (χ1n) is 14.2. The van der Waals surface area contributed by atoms with E-state index in [-0.39, 0.29) is 0 Å². The number of unbranched alkanes of at least 4 members (excludes halogenated alkanes) is 9. The number of halogens is 2. The monoisotopic (exact) mass is 515 g/mol. The van der Waals surface area contributed by atoms with E-state index in [9.17, 15) is 18.7 Å². The van der Waals surface area contributed by atoms with Crippen LogP contribution in [0.2, 0.25) is 0 Å². The Labute approximate surface area is 223 Å². The van der Waals surface area contributed by atoms with Crippen molar-refractivity contribution in [3.05, 3.63) is 71.8 Å². The summed E-state index contributed by atoms with van der Waals surface area (Å²) in [4.78, 5) is 14.5. The molecular formula is C32H47F2NO2. The van der Waals surface area contributed by atoms with Crippen LogP contribution in [0.3, 0.4) is 0 Å². The summed E-state index contributed by atoms with van der Waals surface area (Å²) in [5.74, 6) is -4.54. The normalized spacial score (nSPS) is 13.6. The number of carbonyl (C=O) groups is 1. The molecule has 0 radical (unpaired) electrons. The molecule has 0 saturated carbocycles. The molecule has 0 aliphatic heterocycles. The summed E-state index contributed by atoms with van der Waals surface area (Å²) < 4.78 is 29.2. The number of rotatable bonds is 20. The second kappa shape index (κ2) is 17.4. The molecule has 3 nitrogen and oxygen atoms in total. The molecule has 0 aromatic heterocycles. The van der Waals surface area contributed by atoms with Crippen molar-refractivity contribution in [2.24, 2.45) is 0 Å². The van der Waals surface area contributed by atoms with Crippen molar-refractivity contribution in [2.45, 2.75) is 122 Å². The summed E-state index contributed by atoms with van der Waals surface area (Å²) in [7, 11) is 0. The zero-order valence-electron chi connectivity index (χ0n) is 22.9. The minimum Gasteiger partial charge on any atom is -0.391 e. The van der Waals surface area contributed by atoms with Gasteiger partial charge in [0.15, 0.2) is 0 Å². The smallest absolute Gasteiger partial charge is 0.305 e. The lowest BCUT2D eigenvalue weighted by atomic mass is 9.97. The van der Waals surface area contributed by atoms with Gasteiger partial charge in [-0.1, -0.05) is 125 Å². The van der Waals surface area contributed by atoms with Gasteiger partial charge in [0, 0.05) is 32.0 Å². The molecule has 0 saturated heterocycles. The van der Waals surface area contributed by atoms with Crippen molar-refractivity contribution in [3.63, 3.8) is 0 Å². The van der Waals surface area contributed by atoms with Gasteiger partial charge in [0.2, 0.25) is 5.78 Å². The first-order chi connectivity index (χ1) is 17.8. The Hall–Kier alpha value is -2.11. The minimum absolute atomic E-state index is 0.342. The highest BCUT2D eigenvalue weighted by Gasteiger charge is 2.39. The third-order valence-electron chi connectivity index (χ3n) is 7.24. The average molecular weight is 516 g/mol. The Morgan fingerprint density at radius 3 is 1.68 bits per heavy atom. The Bertz CT molecular complexity index is 818. The van der Waals surface area contributed by atoms with Crippen LogP contribution in [0.15, 0.2) is 60.7 Å². The van der Waals surface area contributed by atoms with E-state index in [1.807, 2.05) is 72.5 Å². The molecule has 5 heteroatoms. The largest absolute Gasteiger partial charge is 0.391 e. The summed E-state index contributed by atoms with van der Waals surface area (Å²) in [6.45, 7) is 5.12. The predicted octanol–water partition coefficient (Wildman–Crippen LogP) is 8.34. The Kier molecular flexibility index (Phi) is 14.6. The van der Waals surface area contributed by atoms with Crippen LogP contribution in [0.5, 0.6) is 0 Å². The lowest BCUT2D eigenvalue weighted by Crippen LogP contribution is -2.43. The highest BCUT2D eigenvalue weighted by molar-refractivity contribution is 5.86. The van der Waals surface area contributed by atoms with Crippen molar-refractivity contribution in [1.82, 2.24) is 4.90 Å². The van der Waals surface area contributed by atoms with E-state index in [0.717, 1.165) is 36.8 Å². The lowest BCUT2D eigenvalue weighted by Gasteiger charge is -2.33. The number of hydrogen-bond donors (Lipinski definition) is 1. The van der Waals surface area contributed by atoms with Crippen LogP contribution in [-0.2, 0) is 17.9 Å². The van der Waals surface area contributed by atoms with Gasteiger partial charge in [0.25, 0.3) is 0 Å². The van der Waals surface area contributed by atoms with Crippen LogP contribution in [0.25, 0.3) is 0 Å². The van der Waals surface area contributed by atoms with Crippen molar-refractivity contribution in [2.75, 3.05) is 0 Å². The number of alkyl halides is 2. The van der Waals surface area contributed by atoms with Crippen molar-refractivity contribution < 1.29 is 18.7 Å². The number of ketones is 1. The summed E-state index contributed by atoms with van der Waals surface area (Å²) in [6.07, 6.45) is 8.38. The SMILES string of the molecule is CCCCCCCCCCCCC(F)(F)C(=O)C[C@@H](O)[C@H](C)N(Cc1ccccc1)Cc1ccccc1. The van der Waals surface area contributed by atoms with Crippen molar-refractivity contribution in [1.29, 1.82) is 0 Å². The maximum absolute atomic E-state index is 14.6. The molecule has 0 fully saturated rings. The average Bonchev–Trinajstić information content (AvgIpc) is 2.90. The van der Waals surface area contributed by atoms with Gasteiger partial charge in [-0.25, -0.2) is 0 Å². The lowest BCUT2D eigenvalue weighted by molar-refractivity contribution is -0.147. The van der Waals surface area contributed by atoms with Gasteiger partial charge in [-0.3, -0.25) is 9.69 Å². The third-order valence-corrected chi connectivity index (χ3v) is 7.24. The minimum atomic E-state index is -3.38. The van der Waals surface area contributed by atoms with Gasteiger partial charge >= 0.3 is 5.92 Å². The first-order valence-corrected chi connectivity index (χ1v) is 14.2. The molecule has 206 valence electrons. The molecule has 0 amide bonds. The second-order valence-corrected chi connectivity index (χ2v) is 10.4. The molecule has 0 aliphatic rings. The van der Waals surface area contributed by atoms with Crippen LogP contribution in [0.4, 0.5) is 8.78 Å². The summed E-state index contributed by atoms with van der Waals surface area (Å²) >= 11 is 0. The molecule has 0 heterocycles. The van der Waals surface area contributed by atoms with E-state index in [0.29, 0.717) is 19.5 Å². The first kappa shape index (κ1) is 31.1. The highest BCUT2D eigenvalue weighted by atomic mass is 19.3. The molecule has 2 aromatic carbocycles. The number of aliphatic hydroxyl groups excluding tert-OH is 1. The number of aliphatic hydroxyl groups is 1. The zero-order valence-corrected chi connectivity index (χ0v) is 22.9. The third kappa shape index (κ3) is 12.3. The van der Waals surface area contributed by atoms with Gasteiger partial charge in [-0.05, 0) is 24.5 Å². The summed E-state index contributed by atoms with van der Waals surface area (Å²) in [5.41, 5.74) is 2.13. The predicted molar refractivity (Wildman–Crippen MR) is 149 cm³/mol. The van der Waals surface area contributed by atoms with Gasteiger partial charge in [0.05, 0.1) is 6.10 Å². The van der Waals surface area contributed by atoms with E-state index in [4.69, 9.17) is 0 Å². The molecule has 2 atom stereocenters. The molecule has 37 heavy (non-hydrogen) atoms. The second-order valence-electron chi connectivity index (χ2n) is 10.4. The molecule has 0 spiro atoms. The quantitative estimate of drug-likeness (QED) is 0.180. The van der Waals surface area contributed by atoms with E-state index >= 15 is 0 Å². The number of benzene rings is 2. The summed E-state index contributed by atoms with van der Waals surface area (Å²) in [5, 5.41) is 10.8. The number of Topliss-reactive ketones (excluding diaryl/α,β-unsaturated/α-hetero) is 1. The summed E-state index contributed by atoms with van der Waals surface area (Å²) in [6, 6.07) is 19.2. The number of carbonyl (C=O) groups excluding carboxylic acids is 1. The Morgan fingerprint density at radius 1 is 0.784 bits per heavy atom. The van der Waals surface area contributed by atoms with Gasteiger partial charge < -0.3 is 5.11 Å². The fraction of sp³-hybridized carbons (Fsp3) is 0.594. The standard InChI is InChI=1S/C32H47F2NO2/c1-3-4-5-6-7-8-9-10-11-18-23-32(33,34)31(37)24-30(36)27(2)35(25-28-19-14-12-15-20-28)26-29-21-16-13-17-22-29/h12-17,19-22,27,30,36H,3-11,18,23-26H2,1-2H3/t27-,30+/m0/s1. The molecule has 0 bridgehead atoms. The van der Waals surface area contributed by atoms with E-state index in [1.165, 1.54) is 32.1 Å². The molecule has 0 aliphatic carbocycles. The van der Waals surface area contributed by atoms with Crippen molar-refractivity contribution >= 4 is 5.78 Å². The van der Waals surface area contributed by atoms with E-state index in [2.05, 4.69) is 6.92 Å². The van der Waals surface area contributed by atoms with Crippen LogP contribution in [0.1, 0.15) is 102 Å². The zero-order chi connectivity index (χ0) is 26.9. The van der Waals surface area contributed by atoms with Crippen molar-refractivity contribution in [3.8, 4) is 0 Å². The fourth-order valence-electron chi connectivity index (χ4n) is 4.71. The van der Waals surface area contributed by atoms with Crippen LogP contribution in [-0.4, -0.2) is 33.9 Å². The van der Waals surface area contributed by atoms with Crippen LogP contribution in [0, 0.1) is 0 Å². The van der Waals surface area contributed by atoms with Gasteiger partial charge in [0.1, 0.15) is 0 Å². The number of nitrogens with zero attached hydrogens (tertiary/aromatic N) is 1. The maximum atomic E-state index is 14.6. The molecule has 1 N–H and O–H groups in total. The van der Waals surface area contributed by atoms with E-state index in [1.54, 1.807) is 0 Å². The van der Waals surface area contributed by atoms with Crippen LogP contribution >= 0.6 is 0 Å². The topological polar surface area (TPSA) is 40.5 Å². The van der Waals surface area contributed by atoms with E-state index < -0.39 is 36.7 Å². The van der Waals surface area contributed by atoms with Crippen LogP contribution < -0.4 is 0 Å². The maximum Gasteiger partial charge on any atom is 0.305 e. The fourth-order valence-corrected chi connectivity index (χ4v) is 4.71. The Balaban J connectivity index is 1.82. The molecular weight excluding hydrogens is 468 g/mol. The highest BCUT2D eigenvalue weighted by Crippen LogP contribution is 2.27. The van der Waals surface area contributed by atoms with Gasteiger partial charge in [-0.15, -0.1) is 0 Å². The molecule has 2 aromatic rings. The Morgan fingerprint density at radius 2 is 1.22 bits per heavy atom.